The van der Waals surface area contributed by atoms with Gasteiger partial charge in [-0.1, -0.05) is 6.07 Å². The number of rotatable bonds is 1. The molecule has 0 fully saturated rings. The molecule has 0 unspecified atom stereocenters. The van der Waals surface area contributed by atoms with Crippen LogP contribution in [0.2, 0.25) is 0 Å². The first-order chi connectivity index (χ1) is 9.08. The third-order valence-corrected chi connectivity index (χ3v) is 2.69. The summed E-state index contributed by atoms with van der Waals surface area (Å²) in [5, 5.41) is 7.05. The van der Waals surface area contributed by atoms with Gasteiger partial charge >= 0.3 is 5.56 Å². The lowest BCUT2D eigenvalue weighted by Gasteiger charge is -2.21. The van der Waals surface area contributed by atoms with Gasteiger partial charge in [0.2, 0.25) is 5.75 Å². The minimum Gasteiger partial charge on any atom is -0.446 e. The fourth-order valence-electron chi connectivity index (χ4n) is 1.84. The first-order valence-corrected chi connectivity index (χ1v) is 5.30. The van der Waals surface area contributed by atoms with E-state index in [1.165, 1.54) is 6.07 Å². The van der Waals surface area contributed by atoms with Crippen LogP contribution in [0.4, 0.5) is 11.4 Å². The van der Waals surface area contributed by atoms with E-state index in [9.17, 15) is 14.4 Å². The lowest BCUT2D eigenvalue weighted by molar-refractivity contribution is 0.0998. The van der Waals surface area contributed by atoms with Crippen LogP contribution in [-0.4, -0.2) is 16.1 Å². The molecule has 96 valence electrons. The maximum atomic E-state index is 11.6. The highest BCUT2D eigenvalue weighted by Gasteiger charge is 2.25. The number of benzene rings is 1. The number of nitrogens with two attached hydrogens (primary N) is 1. The van der Waals surface area contributed by atoms with Crippen molar-refractivity contribution in [3.63, 3.8) is 0 Å². The zero-order valence-corrected chi connectivity index (χ0v) is 9.44. The summed E-state index contributed by atoms with van der Waals surface area (Å²) in [7, 11) is 0. The van der Waals surface area contributed by atoms with Crippen molar-refractivity contribution in [1.29, 1.82) is 0 Å². The number of amides is 1. The maximum absolute atomic E-state index is 11.6. The van der Waals surface area contributed by atoms with Crippen molar-refractivity contribution < 1.29 is 9.53 Å². The molecule has 19 heavy (non-hydrogen) atoms. The summed E-state index contributed by atoms with van der Waals surface area (Å²) in [6.07, 6.45) is 0. The molecule has 1 aromatic heterocycles. The van der Waals surface area contributed by atoms with Crippen molar-refractivity contribution in [3.8, 4) is 11.5 Å². The third-order valence-electron chi connectivity index (χ3n) is 2.69. The van der Waals surface area contributed by atoms with Crippen LogP contribution in [-0.2, 0) is 0 Å². The van der Waals surface area contributed by atoms with E-state index in [0.29, 0.717) is 5.69 Å². The Morgan fingerprint density at radius 3 is 2.58 bits per heavy atom. The normalized spacial score (nSPS) is 11.8. The lowest BCUT2D eigenvalue weighted by Crippen LogP contribution is -2.26. The number of nitrogens with one attached hydrogen (secondary N) is 3. The number of para-hydroxylation sites is 1. The van der Waals surface area contributed by atoms with Crippen molar-refractivity contribution in [2.45, 2.75) is 0 Å². The molecule has 0 spiro atoms. The van der Waals surface area contributed by atoms with E-state index in [1.54, 1.807) is 12.1 Å². The summed E-state index contributed by atoms with van der Waals surface area (Å²) >= 11 is 0. The summed E-state index contributed by atoms with van der Waals surface area (Å²) in [6, 6.07) is 4.65. The number of carbonyl (C=O) groups excluding carboxylic acids is 1. The Kier molecular flexibility index (Phi) is 2.18. The zero-order valence-electron chi connectivity index (χ0n) is 9.44. The number of hydrogen-bond acceptors (Lipinski definition) is 5. The molecule has 2 aromatic rings. The molecular formula is C11H8N4O4. The molecule has 0 bridgehead atoms. The van der Waals surface area contributed by atoms with Gasteiger partial charge in [0.15, 0.2) is 11.4 Å². The van der Waals surface area contributed by atoms with E-state index in [1.807, 2.05) is 0 Å². The number of aromatic nitrogens is 2. The van der Waals surface area contributed by atoms with Crippen LogP contribution in [0.5, 0.6) is 11.5 Å². The Bertz CT molecular complexity index is 805. The molecule has 8 heteroatoms. The highest BCUT2D eigenvalue weighted by molar-refractivity contribution is 5.98. The Morgan fingerprint density at radius 2 is 1.84 bits per heavy atom. The molecule has 1 aromatic carbocycles. The Balaban J connectivity index is 2.26. The second-order valence-corrected chi connectivity index (χ2v) is 3.89. The van der Waals surface area contributed by atoms with Crippen LogP contribution in [0.15, 0.2) is 27.8 Å². The average Bonchev–Trinajstić information content (AvgIpc) is 2.40. The number of hydrogen-bond donors (Lipinski definition) is 4. The predicted molar refractivity (Wildman–Crippen MR) is 66.0 cm³/mol. The van der Waals surface area contributed by atoms with Crippen LogP contribution in [0.25, 0.3) is 0 Å². The number of primary amides is 1. The molecule has 2 heterocycles. The number of ether oxygens (including phenoxy) is 1. The fraction of sp³-hybridized carbons (Fsp3) is 0. The summed E-state index contributed by atoms with van der Waals surface area (Å²) in [6.45, 7) is 0. The predicted octanol–water partition coefficient (Wildman–Crippen LogP) is 0.0114. The summed E-state index contributed by atoms with van der Waals surface area (Å²) in [4.78, 5) is 34.5. The summed E-state index contributed by atoms with van der Waals surface area (Å²) < 4.78 is 5.35. The molecule has 0 radical (unpaired) electrons. The Labute approximate surface area is 105 Å². The number of anilines is 2. The number of carbonyl (C=O) groups is 1. The Hall–Kier alpha value is -3.03. The smallest absolute Gasteiger partial charge is 0.307 e. The van der Waals surface area contributed by atoms with Crippen LogP contribution >= 0.6 is 0 Å². The summed E-state index contributed by atoms with van der Waals surface area (Å²) in [5.41, 5.74) is 4.56. The van der Waals surface area contributed by atoms with Gasteiger partial charge in [0.05, 0.1) is 11.3 Å². The highest BCUT2D eigenvalue weighted by Crippen LogP contribution is 2.39. The van der Waals surface area contributed by atoms with Crippen molar-refractivity contribution in [2.24, 2.45) is 5.73 Å². The van der Waals surface area contributed by atoms with Crippen molar-refractivity contribution in [2.75, 3.05) is 5.32 Å². The minimum atomic E-state index is -0.691. The van der Waals surface area contributed by atoms with Crippen molar-refractivity contribution >= 4 is 17.3 Å². The first-order valence-electron chi connectivity index (χ1n) is 5.30. The van der Waals surface area contributed by atoms with E-state index >= 15 is 0 Å². The average molecular weight is 260 g/mol. The number of fused-ring (bicyclic) bond motifs is 2. The topological polar surface area (TPSA) is 130 Å². The van der Waals surface area contributed by atoms with E-state index in [-0.39, 0.29) is 22.7 Å². The number of aromatic amines is 2. The van der Waals surface area contributed by atoms with Gasteiger partial charge in [-0.05, 0) is 12.1 Å². The Morgan fingerprint density at radius 1 is 1.11 bits per heavy atom. The van der Waals surface area contributed by atoms with Crippen LogP contribution in [0.1, 0.15) is 10.4 Å². The van der Waals surface area contributed by atoms with Gasteiger partial charge in [-0.3, -0.25) is 24.6 Å². The molecule has 1 aliphatic heterocycles. The molecule has 3 rings (SSSR count). The molecule has 0 saturated carbocycles. The first kappa shape index (κ1) is 11.1. The molecule has 5 N–H and O–H groups in total. The third kappa shape index (κ3) is 1.58. The van der Waals surface area contributed by atoms with E-state index in [2.05, 4.69) is 15.5 Å². The highest BCUT2D eigenvalue weighted by atomic mass is 16.5. The second kappa shape index (κ2) is 3.73. The van der Waals surface area contributed by atoms with E-state index in [0.717, 1.165) is 0 Å². The maximum Gasteiger partial charge on any atom is 0.307 e. The standard InChI is InChI=1S/C11H8N4O4/c12-9(16)4-2-1-3-5-7(4)19-8-6(13-5)10(17)14-15-11(8)18/h1-3,13H,(H2,12,16)(H,14,17)(H,15,18). The molecule has 8 nitrogen and oxygen atoms in total. The van der Waals surface area contributed by atoms with E-state index < -0.39 is 17.0 Å². The van der Waals surface area contributed by atoms with Crippen LogP contribution in [0.3, 0.4) is 0 Å². The van der Waals surface area contributed by atoms with Gasteiger partial charge in [-0.15, -0.1) is 0 Å². The van der Waals surface area contributed by atoms with Gasteiger partial charge in [0.25, 0.3) is 11.5 Å². The summed E-state index contributed by atoms with van der Waals surface area (Å²) in [5.74, 6) is -0.771. The van der Waals surface area contributed by atoms with Crippen LogP contribution < -0.4 is 26.9 Å². The van der Waals surface area contributed by atoms with Crippen molar-refractivity contribution in [3.05, 3.63) is 44.5 Å². The van der Waals surface area contributed by atoms with Gasteiger partial charge in [0, 0.05) is 0 Å². The van der Waals surface area contributed by atoms with Crippen molar-refractivity contribution in [1.82, 2.24) is 10.2 Å². The van der Waals surface area contributed by atoms with Gasteiger partial charge in [-0.2, -0.15) is 0 Å². The zero-order chi connectivity index (χ0) is 13.6. The SMILES string of the molecule is NC(=O)c1cccc2c1Oc1c(c(=O)[nH][nH]c1=O)N2. The molecule has 0 saturated heterocycles. The largest absolute Gasteiger partial charge is 0.446 e. The molecule has 1 aliphatic rings. The molecular weight excluding hydrogens is 252 g/mol. The van der Waals surface area contributed by atoms with Gasteiger partial charge in [0.1, 0.15) is 0 Å². The minimum absolute atomic E-state index is 0.0159. The van der Waals surface area contributed by atoms with Gasteiger partial charge in [-0.25, -0.2) is 0 Å². The fourth-order valence-corrected chi connectivity index (χ4v) is 1.84. The molecule has 1 amide bonds. The lowest BCUT2D eigenvalue weighted by atomic mass is 10.1. The monoisotopic (exact) mass is 260 g/mol. The quantitative estimate of drug-likeness (QED) is 0.489. The van der Waals surface area contributed by atoms with Crippen LogP contribution in [0, 0.1) is 0 Å². The second-order valence-electron chi connectivity index (χ2n) is 3.89. The number of H-pyrrole nitrogens is 2. The molecule has 0 atom stereocenters. The van der Waals surface area contributed by atoms with E-state index in [4.69, 9.17) is 10.5 Å². The molecule has 0 aliphatic carbocycles. The van der Waals surface area contributed by atoms with Gasteiger partial charge < -0.3 is 15.8 Å².